The lowest BCUT2D eigenvalue weighted by molar-refractivity contribution is -0.137. The summed E-state index contributed by atoms with van der Waals surface area (Å²) < 4.78 is 9.97. The van der Waals surface area contributed by atoms with Gasteiger partial charge in [-0.25, -0.2) is 4.79 Å². The Bertz CT molecular complexity index is 679. The summed E-state index contributed by atoms with van der Waals surface area (Å²) in [5.74, 6) is -0.921. The molecule has 0 saturated heterocycles. The van der Waals surface area contributed by atoms with Crippen LogP contribution < -0.4 is 16.2 Å². The zero-order valence-electron chi connectivity index (χ0n) is 13.1. The van der Waals surface area contributed by atoms with E-state index < -0.39 is 18.4 Å². The molecule has 23 heavy (non-hydrogen) atoms. The van der Waals surface area contributed by atoms with E-state index in [4.69, 9.17) is 32.5 Å². The van der Waals surface area contributed by atoms with Crippen LogP contribution in [0, 0.1) is 0 Å². The normalized spacial score (nSPS) is 12.4. The Morgan fingerprint density at radius 3 is 2.48 bits per heavy atom. The lowest BCUT2D eigenvalue weighted by Gasteiger charge is -2.10. The van der Waals surface area contributed by atoms with Gasteiger partial charge >= 0.3 is 5.97 Å². The van der Waals surface area contributed by atoms with Crippen molar-refractivity contribution in [2.45, 2.75) is 6.92 Å². The van der Waals surface area contributed by atoms with Crippen LogP contribution in [0.3, 0.4) is 0 Å². The van der Waals surface area contributed by atoms with Gasteiger partial charge in [-0.3, -0.25) is 9.79 Å². The molecule has 0 radical (unpaired) electrons. The summed E-state index contributed by atoms with van der Waals surface area (Å²) in [6.45, 7) is 0.967. The summed E-state index contributed by atoms with van der Waals surface area (Å²) in [5.41, 5.74) is 11.4. The maximum Gasteiger partial charge on any atom is 0.344 e. The molecule has 0 spiro atoms. The van der Waals surface area contributed by atoms with Gasteiger partial charge in [0.25, 0.3) is 0 Å². The first-order chi connectivity index (χ1) is 10.8. The van der Waals surface area contributed by atoms with Gasteiger partial charge < -0.3 is 20.9 Å². The fraction of sp³-hybridized carbons (Fsp3) is 0.267. The average Bonchev–Trinajstić information content (AvgIpc) is 2.52. The second kappa shape index (κ2) is 8.19. The van der Waals surface area contributed by atoms with Crippen LogP contribution in [0.2, 0.25) is 5.02 Å². The minimum absolute atomic E-state index is 0.0677. The second-order valence-electron chi connectivity index (χ2n) is 4.51. The van der Waals surface area contributed by atoms with Gasteiger partial charge in [0.1, 0.15) is 17.2 Å². The van der Waals surface area contributed by atoms with Crippen LogP contribution in [-0.2, 0) is 9.53 Å². The van der Waals surface area contributed by atoms with E-state index in [9.17, 15) is 9.59 Å². The summed E-state index contributed by atoms with van der Waals surface area (Å²) >= 11 is 5.96. The SMILES string of the molecule is CN=C(N)C(C(=O)OCC(=O)c1cc(OC)ccc1Cl)=C(C)N. The number of nitrogens with zero attached hydrogens (tertiary/aromatic N) is 1. The lowest BCUT2D eigenvalue weighted by Crippen LogP contribution is -2.27. The topological polar surface area (TPSA) is 117 Å². The van der Waals surface area contributed by atoms with E-state index in [1.165, 1.54) is 33.2 Å². The Hall–Kier alpha value is -2.54. The first kappa shape index (κ1) is 18.5. The Kier molecular flexibility index (Phi) is 6.59. The van der Waals surface area contributed by atoms with E-state index in [0.29, 0.717) is 5.75 Å². The molecule has 0 heterocycles. The molecule has 0 aliphatic rings. The van der Waals surface area contributed by atoms with Crippen molar-refractivity contribution in [3.05, 3.63) is 40.1 Å². The fourth-order valence-electron chi connectivity index (χ4n) is 1.71. The van der Waals surface area contributed by atoms with Crippen molar-refractivity contribution in [1.82, 2.24) is 0 Å². The number of rotatable bonds is 6. The van der Waals surface area contributed by atoms with Crippen LogP contribution in [0.25, 0.3) is 0 Å². The Morgan fingerprint density at radius 1 is 1.30 bits per heavy atom. The molecule has 1 rings (SSSR count). The van der Waals surface area contributed by atoms with Crippen molar-refractivity contribution >= 4 is 29.2 Å². The van der Waals surface area contributed by atoms with E-state index in [1.54, 1.807) is 6.07 Å². The highest BCUT2D eigenvalue weighted by molar-refractivity contribution is 6.34. The Balaban J connectivity index is 2.88. The fourth-order valence-corrected chi connectivity index (χ4v) is 1.93. The van der Waals surface area contributed by atoms with Crippen LogP contribution >= 0.6 is 11.6 Å². The van der Waals surface area contributed by atoms with E-state index in [-0.39, 0.29) is 27.7 Å². The number of benzene rings is 1. The van der Waals surface area contributed by atoms with Gasteiger partial charge in [-0.15, -0.1) is 0 Å². The van der Waals surface area contributed by atoms with Crippen molar-refractivity contribution < 1.29 is 19.1 Å². The molecule has 0 bridgehead atoms. The smallest absolute Gasteiger partial charge is 0.344 e. The second-order valence-corrected chi connectivity index (χ2v) is 4.92. The number of ether oxygens (including phenoxy) is 2. The number of amidine groups is 1. The predicted octanol–water partition coefficient (Wildman–Crippen LogP) is 1.29. The van der Waals surface area contributed by atoms with Gasteiger partial charge in [0, 0.05) is 18.3 Å². The summed E-state index contributed by atoms with van der Waals surface area (Å²) in [4.78, 5) is 27.8. The molecular formula is C15H18ClN3O4. The third-order valence-electron chi connectivity index (χ3n) is 2.90. The number of hydrogen-bond donors (Lipinski definition) is 2. The number of allylic oxidation sites excluding steroid dienone is 1. The number of aliphatic imine (C=N–C) groups is 1. The van der Waals surface area contributed by atoms with E-state index in [1.807, 2.05) is 0 Å². The largest absolute Gasteiger partial charge is 0.497 e. The molecule has 0 aliphatic carbocycles. The molecule has 124 valence electrons. The lowest BCUT2D eigenvalue weighted by atomic mass is 10.1. The molecule has 0 aliphatic heterocycles. The molecule has 0 fully saturated rings. The average molecular weight is 340 g/mol. The number of hydrogen-bond acceptors (Lipinski definition) is 6. The number of methoxy groups -OCH3 is 1. The number of nitrogens with two attached hydrogens (primary N) is 2. The Labute approximate surface area is 138 Å². The van der Waals surface area contributed by atoms with Crippen LogP contribution in [0.4, 0.5) is 0 Å². The summed E-state index contributed by atoms with van der Waals surface area (Å²) in [6.07, 6.45) is 0. The number of halogens is 1. The highest BCUT2D eigenvalue weighted by Gasteiger charge is 2.20. The van der Waals surface area contributed by atoms with Gasteiger partial charge in [0.05, 0.1) is 12.1 Å². The zero-order valence-corrected chi connectivity index (χ0v) is 13.8. The Morgan fingerprint density at radius 2 is 1.96 bits per heavy atom. The monoisotopic (exact) mass is 339 g/mol. The van der Waals surface area contributed by atoms with Crippen molar-refractivity contribution in [2.75, 3.05) is 20.8 Å². The molecule has 0 unspecified atom stereocenters. The van der Waals surface area contributed by atoms with Crippen LogP contribution in [-0.4, -0.2) is 38.4 Å². The highest BCUT2D eigenvalue weighted by atomic mass is 35.5. The molecular weight excluding hydrogens is 322 g/mol. The number of Topliss-reactive ketones (excluding diaryl/α,β-unsaturated/α-hetero) is 1. The summed E-state index contributed by atoms with van der Waals surface area (Å²) in [7, 11) is 2.87. The zero-order chi connectivity index (χ0) is 17.6. The molecule has 8 heteroatoms. The summed E-state index contributed by atoms with van der Waals surface area (Å²) in [6, 6.07) is 4.60. The highest BCUT2D eigenvalue weighted by Crippen LogP contribution is 2.22. The third kappa shape index (κ3) is 4.72. The van der Waals surface area contributed by atoms with Crippen molar-refractivity contribution in [3.8, 4) is 5.75 Å². The van der Waals surface area contributed by atoms with Crippen LogP contribution in [0.1, 0.15) is 17.3 Å². The van der Waals surface area contributed by atoms with E-state index in [2.05, 4.69) is 4.99 Å². The number of esters is 1. The van der Waals surface area contributed by atoms with Crippen LogP contribution in [0.5, 0.6) is 5.75 Å². The van der Waals surface area contributed by atoms with Crippen molar-refractivity contribution in [2.24, 2.45) is 16.5 Å². The first-order valence-electron chi connectivity index (χ1n) is 6.54. The molecule has 0 aromatic heterocycles. The molecule has 0 atom stereocenters. The summed E-state index contributed by atoms with van der Waals surface area (Å²) in [5, 5.41) is 0.229. The molecule has 1 aromatic carbocycles. The van der Waals surface area contributed by atoms with Crippen molar-refractivity contribution in [3.63, 3.8) is 0 Å². The van der Waals surface area contributed by atoms with E-state index >= 15 is 0 Å². The third-order valence-corrected chi connectivity index (χ3v) is 3.23. The quantitative estimate of drug-likeness (QED) is 0.265. The molecule has 7 nitrogen and oxygen atoms in total. The maximum absolute atomic E-state index is 12.1. The number of carbonyl (C=O) groups is 2. The number of carbonyl (C=O) groups excluding carboxylic acids is 2. The van der Waals surface area contributed by atoms with Gasteiger partial charge in [0.2, 0.25) is 5.78 Å². The predicted molar refractivity (Wildman–Crippen MR) is 87.7 cm³/mol. The van der Waals surface area contributed by atoms with Gasteiger partial charge in [-0.1, -0.05) is 11.6 Å². The van der Waals surface area contributed by atoms with Crippen LogP contribution in [0.15, 0.2) is 34.5 Å². The minimum Gasteiger partial charge on any atom is -0.497 e. The molecule has 0 saturated carbocycles. The standard InChI is InChI=1S/C15H18ClN3O4/c1-8(17)13(14(18)19-2)15(21)23-7-12(20)10-6-9(22-3)4-5-11(10)16/h4-6H,7,17H2,1-3H3,(H2,18,19). The molecule has 0 amide bonds. The van der Waals surface area contributed by atoms with E-state index in [0.717, 1.165) is 0 Å². The maximum atomic E-state index is 12.1. The molecule has 1 aromatic rings. The van der Waals surface area contributed by atoms with Gasteiger partial charge in [-0.05, 0) is 25.1 Å². The minimum atomic E-state index is -0.833. The van der Waals surface area contributed by atoms with Gasteiger partial charge in [-0.2, -0.15) is 0 Å². The van der Waals surface area contributed by atoms with Crippen molar-refractivity contribution in [1.29, 1.82) is 0 Å². The first-order valence-corrected chi connectivity index (χ1v) is 6.92. The molecule has 4 N–H and O–H groups in total. The van der Waals surface area contributed by atoms with Gasteiger partial charge in [0.15, 0.2) is 6.61 Å². The number of ketones is 1.